The highest BCUT2D eigenvalue weighted by Gasteiger charge is 2.32. The van der Waals surface area contributed by atoms with Crippen LogP contribution in [0.25, 0.3) is 11.5 Å². The summed E-state index contributed by atoms with van der Waals surface area (Å²) < 4.78 is 50.4. The van der Waals surface area contributed by atoms with Gasteiger partial charge in [0.1, 0.15) is 5.76 Å². The number of aryl methyl sites for hydroxylation is 1. The van der Waals surface area contributed by atoms with Crippen molar-refractivity contribution in [1.82, 2.24) is 10.2 Å². The molecule has 1 N–H and O–H groups in total. The van der Waals surface area contributed by atoms with E-state index in [1.54, 1.807) is 13.0 Å². The first-order valence-electron chi connectivity index (χ1n) is 10.1. The lowest BCUT2D eigenvalue weighted by Gasteiger charge is -2.31. The van der Waals surface area contributed by atoms with Crippen LogP contribution in [-0.2, 0) is 11.0 Å². The molecule has 11 heteroatoms. The monoisotopic (exact) mass is 466 g/mol. The van der Waals surface area contributed by atoms with Gasteiger partial charge in [0.2, 0.25) is 5.91 Å². The van der Waals surface area contributed by atoms with Gasteiger partial charge in [0.15, 0.2) is 0 Å². The molecule has 4 rings (SSSR count). The number of hydrogen-bond donors (Lipinski definition) is 1. The van der Waals surface area contributed by atoms with Crippen molar-refractivity contribution in [2.24, 2.45) is 0 Å². The Bertz CT molecular complexity index is 1090. The second kappa shape index (κ2) is 9.27. The van der Waals surface area contributed by atoms with Crippen molar-refractivity contribution in [3.05, 3.63) is 41.9 Å². The van der Waals surface area contributed by atoms with Crippen LogP contribution < -0.4 is 10.2 Å². The molecule has 0 atom stereocenters. The third kappa shape index (κ3) is 5.09. The van der Waals surface area contributed by atoms with Crippen molar-refractivity contribution in [3.8, 4) is 11.5 Å². The van der Waals surface area contributed by atoms with Gasteiger partial charge in [-0.3, -0.25) is 4.79 Å². The Balaban J connectivity index is 1.46. The Labute approximate surface area is 186 Å². The Morgan fingerprint density at radius 3 is 2.66 bits per heavy atom. The van der Waals surface area contributed by atoms with Gasteiger partial charge in [0.05, 0.1) is 34.5 Å². The van der Waals surface area contributed by atoms with Gasteiger partial charge in [-0.1, -0.05) is 11.8 Å². The topological polar surface area (TPSA) is 84.4 Å². The number of anilines is 2. The predicted octanol–water partition coefficient (Wildman–Crippen LogP) is 5.38. The highest BCUT2D eigenvalue weighted by Crippen LogP contribution is 2.36. The Hall–Kier alpha value is -2.95. The van der Waals surface area contributed by atoms with Crippen LogP contribution >= 0.6 is 11.8 Å². The summed E-state index contributed by atoms with van der Waals surface area (Å²) in [6.45, 7) is 3.23. The summed E-state index contributed by atoms with van der Waals surface area (Å²) in [7, 11) is 0. The van der Waals surface area contributed by atoms with Crippen LogP contribution in [0.4, 0.5) is 24.5 Å². The van der Waals surface area contributed by atoms with Gasteiger partial charge in [-0.15, -0.1) is 10.2 Å². The summed E-state index contributed by atoms with van der Waals surface area (Å²) in [5.74, 6) is 0.329. The van der Waals surface area contributed by atoms with Crippen molar-refractivity contribution < 1.29 is 26.8 Å². The lowest BCUT2D eigenvalue weighted by Crippen LogP contribution is -2.30. The molecule has 170 valence electrons. The first-order chi connectivity index (χ1) is 15.3. The molecule has 3 aromatic rings. The third-order valence-electron chi connectivity index (χ3n) is 5.12. The first-order valence-corrected chi connectivity index (χ1v) is 11.1. The minimum Gasteiger partial charge on any atom is -0.469 e. The molecular weight excluding hydrogens is 445 g/mol. The molecule has 1 saturated heterocycles. The molecular formula is C21H21F3N4O3S. The lowest BCUT2D eigenvalue weighted by molar-refractivity contribution is -0.137. The predicted molar refractivity (Wildman–Crippen MR) is 114 cm³/mol. The number of carbonyl (C=O) groups excluding carboxylic acids is 1. The largest absolute Gasteiger partial charge is 0.469 e. The number of halogens is 3. The van der Waals surface area contributed by atoms with Crippen LogP contribution in [0.2, 0.25) is 0 Å². The number of furan rings is 1. The molecule has 0 aliphatic carbocycles. The molecule has 3 heterocycles. The quantitative estimate of drug-likeness (QED) is 0.489. The normalized spacial score (nSPS) is 14.6. The van der Waals surface area contributed by atoms with Crippen molar-refractivity contribution in [3.63, 3.8) is 0 Å². The van der Waals surface area contributed by atoms with E-state index in [4.69, 9.17) is 8.83 Å². The molecule has 0 bridgehead atoms. The van der Waals surface area contributed by atoms with Crippen molar-refractivity contribution in [2.45, 2.75) is 37.6 Å². The standard InChI is InChI=1S/C21H21F3N4O3S/c1-13-15(7-10-30-13)19-26-27-20(31-19)32-12-18(29)25-16-11-14(21(22,23)24)5-6-17(16)28-8-3-2-4-9-28/h5-7,10-11H,2-4,8-9,12H2,1H3,(H,25,29). The molecule has 1 fully saturated rings. The van der Waals surface area contributed by atoms with Crippen LogP contribution in [0, 0.1) is 6.92 Å². The van der Waals surface area contributed by atoms with E-state index in [0.29, 0.717) is 17.0 Å². The van der Waals surface area contributed by atoms with E-state index in [2.05, 4.69) is 15.5 Å². The highest BCUT2D eigenvalue weighted by molar-refractivity contribution is 7.99. The Morgan fingerprint density at radius 1 is 1.19 bits per heavy atom. The molecule has 0 saturated carbocycles. The smallest absolute Gasteiger partial charge is 0.416 e. The van der Waals surface area contributed by atoms with Crippen molar-refractivity contribution in [2.75, 3.05) is 29.1 Å². The fraction of sp³-hybridized carbons (Fsp3) is 0.381. The number of piperidine rings is 1. The summed E-state index contributed by atoms with van der Waals surface area (Å²) >= 11 is 1.00. The maximum absolute atomic E-state index is 13.2. The van der Waals surface area contributed by atoms with E-state index in [0.717, 1.165) is 56.2 Å². The zero-order chi connectivity index (χ0) is 22.7. The van der Waals surface area contributed by atoms with E-state index >= 15 is 0 Å². The van der Waals surface area contributed by atoms with Gasteiger partial charge in [0, 0.05) is 13.1 Å². The number of carbonyl (C=O) groups is 1. The maximum atomic E-state index is 13.2. The molecule has 0 radical (unpaired) electrons. The molecule has 32 heavy (non-hydrogen) atoms. The first kappa shape index (κ1) is 22.3. The number of aromatic nitrogens is 2. The molecule has 1 aromatic carbocycles. The van der Waals surface area contributed by atoms with Crippen LogP contribution in [-0.4, -0.2) is 34.9 Å². The molecule has 0 unspecified atom stereocenters. The van der Waals surface area contributed by atoms with E-state index in [9.17, 15) is 18.0 Å². The molecule has 0 spiro atoms. The fourth-order valence-electron chi connectivity index (χ4n) is 3.52. The average Bonchev–Trinajstić information content (AvgIpc) is 3.41. The molecule has 2 aromatic heterocycles. The van der Waals surface area contributed by atoms with E-state index in [-0.39, 0.29) is 22.6 Å². The minimum absolute atomic E-state index is 0.0955. The van der Waals surface area contributed by atoms with E-state index in [1.807, 2.05) is 4.90 Å². The fourth-order valence-corrected chi connectivity index (χ4v) is 4.08. The van der Waals surface area contributed by atoms with Gasteiger partial charge in [-0.25, -0.2) is 0 Å². The van der Waals surface area contributed by atoms with Crippen molar-refractivity contribution >= 4 is 29.0 Å². The number of nitrogens with zero attached hydrogens (tertiary/aromatic N) is 3. The van der Waals surface area contributed by atoms with Crippen molar-refractivity contribution in [1.29, 1.82) is 0 Å². The molecule has 1 aliphatic heterocycles. The summed E-state index contributed by atoms with van der Waals surface area (Å²) in [6, 6.07) is 5.15. The number of nitrogens with one attached hydrogen (secondary N) is 1. The highest BCUT2D eigenvalue weighted by atomic mass is 32.2. The van der Waals surface area contributed by atoms with E-state index in [1.165, 1.54) is 12.3 Å². The van der Waals surface area contributed by atoms with Crippen LogP contribution in [0.3, 0.4) is 0 Å². The van der Waals surface area contributed by atoms with Crippen LogP contribution in [0.1, 0.15) is 30.6 Å². The van der Waals surface area contributed by atoms with Gasteiger partial charge < -0.3 is 19.1 Å². The zero-order valence-electron chi connectivity index (χ0n) is 17.2. The number of benzene rings is 1. The van der Waals surface area contributed by atoms with Crippen LogP contribution in [0.5, 0.6) is 0 Å². The number of alkyl halides is 3. The summed E-state index contributed by atoms with van der Waals surface area (Å²) in [5, 5.41) is 10.6. The van der Waals surface area contributed by atoms with Gasteiger partial charge in [-0.05, 0) is 50.5 Å². The number of thioether (sulfide) groups is 1. The molecule has 7 nitrogen and oxygen atoms in total. The Morgan fingerprint density at radius 2 is 1.97 bits per heavy atom. The van der Waals surface area contributed by atoms with Gasteiger partial charge in [0.25, 0.3) is 11.1 Å². The second-order valence-electron chi connectivity index (χ2n) is 7.38. The number of rotatable bonds is 6. The molecule has 1 amide bonds. The van der Waals surface area contributed by atoms with E-state index < -0.39 is 17.6 Å². The summed E-state index contributed by atoms with van der Waals surface area (Å²) in [6.07, 6.45) is 0.00389. The number of amides is 1. The van der Waals surface area contributed by atoms with Gasteiger partial charge >= 0.3 is 6.18 Å². The maximum Gasteiger partial charge on any atom is 0.416 e. The minimum atomic E-state index is -4.50. The van der Waals surface area contributed by atoms with Gasteiger partial charge in [-0.2, -0.15) is 13.2 Å². The third-order valence-corrected chi connectivity index (χ3v) is 5.94. The zero-order valence-corrected chi connectivity index (χ0v) is 18.1. The molecule has 1 aliphatic rings. The summed E-state index contributed by atoms with van der Waals surface area (Å²) in [5.41, 5.74) is 0.585. The Kier molecular flexibility index (Phi) is 6.45. The number of hydrogen-bond acceptors (Lipinski definition) is 7. The average molecular weight is 466 g/mol. The lowest BCUT2D eigenvalue weighted by atomic mass is 10.1. The van der Waals surface area contributed by atoms with Crippen LogP contribution in [0.15, 0.2) is 44.6 Å². The SMILES string of the molecule is Cc1occc1-c1nnc(SCC(=O)Nc2cc(C(F)(F)F)ccc2N2CCCCC2)o1. The summed E-state index contributed by atoms with van der Waals surface area (Å²) in [4.78, 5) is 14.5. The second-order valence-corrected chi connectivity index (χ2v) is 8.30.